The predicted octanol–water partition coefficient (Wildman–Crippen LogP) is -0.395. The van der Waals surface area contributed by atoms with Crippen molar-refractivity contribution in [3.63, 3.8) is 0 Å². The molecule has 0 aliphatic carbocycles. The standard InChI is InChI=1S/C13H28N4O2/c1-11(2)15-8-9-16-13(19)12(17-10-18)6-4-5-7-14-3/h10-12,14-15H,4-9H2,1-3H3,(H,16,19)(H,17,18). The minimum absolute atomic E-state index is 0.109. The summed E-state index contributed by atoms with van der Waals surface area (Å²) in [7, 11) is 1.90. The minimum Gasteiger partial charge on any atom is -0.353 e. The normalized spacial score (nSPS) is 12.2. The summed E-state index contributed by atoms with van der Waals surface area (Å²) in [6, 6.07) is -0.0178. The highest BCUT2D eigenvalue weighted by molar-refractivity contribution is 5.83. The molecule has 0 aromatic carbocycles. The molecular weight excluding hydrogens is 244 g/mol. The van der Waals surface area contributed by atoms with E-state index in [4.69, 9.17) is 0 Å². The van der Waals surface area contributed by atoms with Crippen molar-refractivity contribution in [2.45, 2.75) is 45.2 Å². The van der Waals surface area contributed by atoms with Gasteiger partial charge in [0, 0.05) is 19.1 Å². The molecule has 0 spiro atoms. The zero-order valence-electron chi connectivity index (χ0n) is 12.3. The predicted molar refractivity (Wildman–Crippen MR) is 76.9 cm³/mol. The fraction of sp³-hybridized carbons (Fsp3) is 0.846. The Kier molecular flexibility index (Phi) is 11.2. The molecule has 0 saturated carbocycles. The summed E-state index contributed by atoms with van der Waals surface area (Å²) in [6.45, 7) is 6.34. The monoisotopic (exact) mass is 272 g/mol. The Hall–Kier alpha value is -1.14. The third-order valence-electron chi connectivity index (χ3n) is 2.73. The van der Waals surface area contributed by atoms with Gasteiger partial charge in [-0.3, -0.25) is 9.59 Å². The van der Waals surface area contributed by atoms with Gasteiger partial charge in [0.05, 0.1) is 0 Å². The van der Waals surface area contributed by atoms with Gasteiger partial charge in [0.25, 0.3) is 0 Å². The van der Waals surface area contributed by atoms with Crippen molar-refractivity contribution in [3.05, 3.63) is 0 Å². The average Bonchev–Trinajstić information content (AvgIpc) is 2.38. The highest BCUT2D eigenvalue weighted by atomic mass is 16.2. The molecule has 2 amide bonds. The molecule has 4 N–H and O–H groups in total. The van der Waals surface area contributed by atoms with Crippen molar-refractivity contribution in [1.82, 2.24) is 21.3 Å². The second kappa shape index (κ2) is 11.9. The lowest BCUT2D eigenvalue weighted by atomic mass is 10.1. The zero-order valence-corrected chi connectivity index (χ0v) is 12.3. The number of rotatable bonds is 12. The Balaban J connectivity index is 3.86. The molecule has 0 heterocycles. The van der Waals surface area contributed by atoms with Gasteiger partial charge in [-0.25, -0.2) is 0 Å². The molecule has 0 bridgehead atoms. The lowest BCUT2D eigenvalue weighted by Gasteiger charge is -2.16. The maximum absolute atomic E-state index is 11.9. The average molecular weight is 272 g/mol. The summed E-state index contributed by atoms with van der Waals surface area (Å²) < 4.78 is 0. The summed E-state index contributed by atoms with van der Waals surface area (Å²) in [5, 5.41) is 11.7. The van der Waals surface area contributed by atoms with E-state index in [9.17, 15) is 9.59 Å². The summed E-state index contributed by atoms with van der Waals surface area (Å²) in [4.78, 5) is 22.4. The van der Waals surface area contributed by atoms with E-state index in [0.717, 1.165) is 25.9 Å². The van der Waals surface area contributed by atoms with Crippen molar-refractivity contribution in [1.29, 1.82) is 0 Å². The van der Waals surface area contributed by atoms with E-state index in [0.29, 0.717) is 25.4 Å². The SMILES string of the molecule is CNCCCCC(NC=O)C(=O)NCCNC(C)C. The van der Waals surface area contributed by atoms with Crippen LogP contribution < -0.4 is 21.3 Å². The van der Waals surface area contributed by atoms with Crippen LogP contribution in [0.3, 0.4) is 0 Å². The molecular formula is C13H28N4O2. The third kappa shape index (κ3) is 10.5. The number of nitrogens with one attached hydrogen (secondary N) is 4. The summed E-state index contributed by atoms with van der Waals surface area (Å²) in [6.07, 6.45) is 3.16. The molecule has 1 unspecified atom stereocenters. The lowest BCUT2D eigenvalue weighted by molar-refractivity contribution is -0.125. The third-order valence-corrected chi connectivity index (χ3v) is 2.73. The van der Waals surface area contributed by atoms with Crippen LogP contribution in [-0.2, 0) is 9.59 Å². The lowest BCUT2D eigenvalue weighted by Crippen LogP contribution is -2.45. The summed E-state index contributed by atoms with van der Waals surface area (Å²) >= 11 is 0. The number of carbonyl (C=O) groups excluding carboxylic acids is 2. The van der Waals surface area contributed by atoms with E-state index in [1.54, 1.807) is 0 Å². The van der Waals surface area contributed by atoms with Gasteiger partial charge < -0.3 is 21.3 Å². The summed E-state index contributed by atoms with van der Waals surface area (Å²) in [5.41, 5.74) is 0. The van der Waals surface area contributed by atoms with Crippen molar-refractivity contribution in [3.8, 4) is 0 Å². The second-order valence-electron chi connectivity index (χ2n) is 4.84. The van der Waals surface area contributed by atoms with Crippen LogP contribution in [0.25, 0.3) is 0 Å². The van der Waals surface area contributed by atoms with E-state index in [2.05, 4.69) is 35.1 Å². The molecule has 6 nitrogen and oxygen atoms in total. The number of hydrogen-bond donors (Lipinski definition) is 4. The van der Waals surface area contributed by atoms with Crippen LogP contribution in [0.1, 0.15) is 33.1 Å². The molecule has 0 aliphatic rings. The van der Waals surface area contributed by atoms with Crippen LogP contribution in [0.2, 0.25) is 0 Å². The van der Waals surface area contributed by atoms with Crippen LogP contribution in [0.15, 0.2) is 0 Å². The van der Waals surface area contributed by atoms with Gasteiger partial charge in [0.2, 0.25) is 12.3 Å². The van der Waals surface area contributed by atoms with Gasteiger partial charge in [0.15, 0.2) is 0 Å². The van der Waals surface area contributed by atoms with Gasteiger partial charge in [-0.15, -0.1) is 0 Å². The first-order chi connectivity index (χ1) is 9.11. The van der Waals surface area contributed by atoms with Gasteiger partial charge >= 0.3 is 0 Å². The van der Waals surface area contributed by atoms with Gasteiger partial charge in [-0.05, 0) is 32.9 Å². The van der Waals surface area contributed by atoms with Gasteiger partial charge in [0.1, 0.15) is 6.04 Å². The number of unbranched alkanes of at least 4 members (excludes halogenated alkanes) is 1. The Morgan fingerprint density at radius 1 is 1.16 bits per heavy atom. The Morgan fingerprint density at radius 3 is 2.47 bits per heavy atom. The molecule has 0 radical (unpaired) electrons. The highest BCUT2D eigenvalue weighted by Gasteiger charge is 2.16. The van der Waals surface area contributed by atoms with Crippen LogP contribution in [0.4, 0.5) is 0 Å². The van der Waals surface area contributed by atoms with Crippen molar-refractivity contribution in [2.24, 2.45) is 0 Å². The maximum Gasteiger partial charge on any atom is 0.242 e. The minimum atomic E-state index is -0.423. The van der Waals surface area contributed by atoms with E-state index >= 15 is 0 Å². The number of carbonyl (C=O) groups is 2. The van der Waals surface area contributed by atoms with Crippen molar-refractivity contribution in [2.75, 3.05) is 26.7 Å². The van der Waals surface area contributed by atoms with E-state index in [-0.39, 0.29) is 5.91 Å². The number of amides is 2. The Bertz CT molecular complexity index is 247. The van der Waals surface area contributed by atoms with Gasteiger partial charge in [-0.2, -0.15) is 0 Å². The maximum atomic E-state index is 11.9. The van der Waals surface area contributed by atoms with E-state index in [1.807, 2.05) is 7.05 Å². The molecule has 112 valence electrons. The van der Waals surface area contributed by atoms with Crippen LogP contribution in [0.5, 0.6) is 0 Å². The first-order valence-corrected chi connectivity index (χ1v) is 6.97. The fourth-order valence-electron chi connectivity index (χ4n) is 1.69. The Morgan fingerprint density at radius 2 is 1.89 bits per heavy atom. The number of hydrogen-bond acceptors (Lipinski definition) is 4. The van der Waals surface area contributed by atoms with Gasteiger partial charge in [-0.1, -0.05) is 13.8 Å². The molecule has 0 aromatic heterocycles. The van der Waals surface area contributed by atoms with Crippen molar-refractivity contribution >= 4 is 12.3 Å². The highest BCUT2D eigenvalue weighted by Crippen LogP contribution is 2.00. The molecule has 0 saturated heterocycles. The first-order valence-electron chi connectivity index (χ1n) is 6.97. The topological polar surface area (TPSA) is 82.3 Å². The molecule has 19 heavy (non-hydrogen) atoms. The molecule has 0 rings (SSSR count). The van der Waals surface area contributed by atoms with E-state index in [1.165, 1.54) is 0 Å². The molecule has 0 aliphatic heterocycles. The molecule has 6 heteroatoms. The van der Waals surface area contributed by atoms with Crippen LogP contribution in [0, 0.1) is 0 Å². The zero-order chi connectivity index (χ0) is 14.5. The van der Waals surface area contributed by atoms with Crippen LogP contribution >= 0.6 is 0 Å². The molecule has 0 fully saturated rings. The summed E-state index contributed by atoms with van der Waals surface area (Å²) in [5.74, 6) is -0.109. The first kappa shape index (κ1) is 17.9. The largest absolute Gasteiger partial charge is 0.353 e. The van der Waals surface area contributed by atoms with Crippen molar-refractivity contribution < 1.29 is 9.59 Å². The molecule has 1 atom stereocenters. The van der Waals surface area contributed by atoms with Crippen LogP contribution in [-0.4, -0.2) is 51.1 Å². The second-order valence-corrected chi connectivity index (χ2v) is 4.84. The smallest absolute Gasteiger partial charge is 0.242 e. The Labute approximate surface area is 116 Å². The van der Waals surface area contributed by atoms with E-state index < -0.39 is 6.04 Å². The molecule has 0 aromatic rings. The fourth-order valence-corrected chi connectivity index (χ4v) is 1.69. The quantitative estimate of drug-likeness (QED) is 0.288.